The highest BCUT2D eigenvalue weighted by Crippen LogP contribution is 1.92. The lowest BCUT2D eigenvalue weighted by molar-refractivity contribution is -0.122. The van der Waals surface area contributed by atoms with Gasteiger partial charge in [-0.15, -0.1) is 0 Å². The molecule has 0 spiro atoms. The smallest absolute Gasteiger partial charge is 0.239 e. The van der Waals surface area contributed by atoms with Gasteiger partial charge in [0.25, 0.3) is 0 Å². The fourth-order valence-electron chi connectivity index (χ4n) is 1.12. The van der Waals surface area contributed by atoms with Crippen LogP contribution in [0.25, 0.3) is 0 Å². The van der Waals surface area contributed by atoms with Gasteiger partial charge in [0.2, 0.25) is 11.9 Å². The van der Waals surface area contributed by atoms with Crippen molar-refractivity contribution in [2.24, 2.45) is 10.8 Å². The van der Waals surface area contributed by atoms with Crippen LogP contribution in [0.4, 0.5) is 0 Å². The number of amides is 1. The Hall–Kier alpha value is -1.30. The zero-order valence-electron chi connectivity index (χ0n) is 7.00. The molecule has 0 aromatic carbocycles. The normalized spacial score (nSPS) is 19.0. The molecular weight excluding hydrogens is 158 g/mol. The maximum absolute atomic E-state index is 10.9. The van der Waals surface area contributed by atoms with E-state index in [1.807, 2.05) is 0 Å². The minimum absolute atomic E-state index is 0.00218. The van der Waals surface area contributed by atoms with Gasteiger partial charge in [-0.05, 0) is 0 Å². The summed E-state index contributed by atoms with van der Waals surface area (Å²) in [5, 5.41) is 2.71. The van der Waals surface area contributed by atoms with Crippen LogP contribution in [-0.2, 0) is 4.79 Å². The molecule has 1 aliphatic heterocycles. The highest BCUT2D eigenvalue weighted by molar-refractivity contribution is 5.87. The number of hydrogen-bond donors (Lipinski definition) is 3. The maximum Gasteiger partial charge on any atom is 0.239 e. The number of nitrogens with one attached hydrogen (secondary N) is 2. The number of nitrogens with two attached hydrogens (primary N) is 1. The van der Waals surface area contributed by atoms with Gasteiger partial charge in [0.1, 0.15) is 0 Å². The van der Waals surface area contributed by atoms with Crippen molar-refractivity contribution in [3.8, 4) is 0 Å². The van der Waals surface area contributed by atoms with E-state index < -0.39 is 0 Å². The molecule has 68 valence electrons. The van der Waals surface area contributed by atoms with Gasteiger partial charge in [0, 0.05) is 20.1 Å². The van der Waals surface area contributed by atoms with Crippen LogP contribution >= 0.6 is 0 Å². The molecule has 0 radical (unpaired) electrons. The minimum atomic E-state index is -0.00218. The summed E-state index contributed by atoms with van der Waals surface area (Å²) in [5.74, 6) is 5.75. The molecule has 6 nitrogen and oxygen atoms in total. The number of hydrogen-bond acceptors (Lipinski definition) is 3. The maximum atomic E-state index is 10.9. The van der Waals surface area contributed by atoms with E-state index in [4.69, 9.17) is 5.84 Å². The molecule has 4 N–H and O–H groups in total. The summed E-state index contributed by atoms with van der Waals surface area (Å²) in [6.07, 6.45) is 0. The van der Waals surface area contributed by atoms with Crippen LogP contribution in [-0.4, -0.2) is 43.4 Å². The molecule has 0 atom stereocenters. The van der Waals surface area contributed by atoms with Crippen molar-refractivity contribution in [1.82, 2.24) is 15.6 Å². The third kappa shape index (κ3) is 1.85. The third-order valence-electron chi connectivity index (χ3n) is 1.68. The van der Waals surface area contributed by atoms with Crippen LogP contribution in [0.15, 0.2) is 4.99 Å². The second-order valence-corrected chi connectivity index (χ2v) is 2.46. The molecule has 0 aromatic heterocycles. The van der Waals surface area contributed by atoms with E-state index >= 15 is 0 Å². The van der Waals surface area contributed by atoms with Gasteiger partial charge in [-0.2, -0.15) is 0 Å². The van der Waals surface area contributed by atoms with E-state index in [-0.39, 0.29) is 5.91 Å². The number of carbonyl (C=O) groups is 1. The molecule has 1 rings (SSSR count). The molecule has 12 heavy (non-hydrogen) atoms. The second-order valence-electron chi connectivity index (χ2n) is 2.46. The molecule has 0 bridgehead atoms. The summed E-state index contributed by atoms with van der Waals surface area (Å²) in [4.78, 5) is 16.6. The van der Waals surface area contributed by atoms with Crippen molar-refractivity contribution in [2.45, 2.75) is 0 Å². The predicted octanol–water partition coefficient (Wildman–Crippen LogP) is -2.13. The SMILES string of the molecule is CN=C(NN)N1CCNC(=O)C1. The Morgan fingerprint density at radius 3 is 3.08 bits per heavy atom. The van der Waals surface area contributed by atoms with E-state index in [2.05, 4.69) is 15.7 Å². The first-order valence-electron chi connectivity index (χ1n) is 3.73. The van der Waals surface area contributed by atoms with Gasteiger partial charge in [0.05, 0.1) is 6.54 Å². The summed E-state index contributed by atoms with van der Waals surface area (Å²) in [7, 11) is 1.63. The van der Waals surface area contributed by atoms with Gasteiger partial charge >= 0.3 is 0 Å². The highest BCUT2D eigenvalue weighted by atomic mass is 16.2. The quantitative estimate of drug-likeness (QED) is 0.168. The fraction of sp³-hybridized carbons (Fsp3) is 0.667. The molecule has 1 fully saturated rings. The number of aliphatic imine (C=N–C) groups is 1. The Morgan fingerprint density at radius 2 is 2.58 bits per heavy atom. The molecule has 6 heteroatoms. The van der Waals surface area contributed by atoms with E-state index in [0.717, 1.165) is 6.54 Å². The largest absolute Gasteiger partial charge is 0.353 e. The van der Waals surface area contributed by atoms with Crippen LogP contribution in [0.1, 0.15) is 0 Å². The predicted molar refractivity (Wildman–Crippen MR) is 45.3 cm³/mol. The first-order valence-corrected chi connectivity index (χ1v) is 3.73. The molecular formula is C6H13N5O. The van der Waals surface area contributed by atoms with Crippen molar-refractivity contribution in [2.75, 3.05) is 26.7 Å². The van der Waals surface area contributed by atoms with Crippen molar-refractivity contribution in [3.63, 3.8) is 0 Å². The third-order valence-corrected chi connectivity index (χ3v) is 1.68. The average molecular weight is 171 g/mol. The van der Waals surface area contributed by atoms with Crippen LogP contribution < -0.4 is 16.6 Å². The lowest BCUT2D eigenvalue weighted by Gasteiger charge is -2.28. The van der Waals surface area contributed by atoms with E-state index in [0.29, 0.717) is 19.0 Å². The lowest BCUT2D eigenvalue weighted by atomic mass is 10.4. The first-order chi connectivity index (χ1) is 5.77. The van der Waals surface area contributed by atoms with E-state index in [9.17, 15) is 4.79 Å². The minimum Gasteiger partial charge on any atom is -0.353 e. The number of piperazine rings is 1. The fourth-order valence-corrected chi connectivity index (χ4v) is 1.12. The van der Waals surface area contributed by atoms with Gasteiger partial charge < -0.3 is 10.2 Å². The monoisotopic (exact) mass is 171 g/mol. The number of rotatable bonds is 0. The Kier molecular flexibility index (Phi) is 2.87. The Morgan fingerprint density at radius 1 is 1.83 bits per heavy atom. The molecule has 0 aliphatic carbocycles. The lowest BCUT2D eigenvalue weighted by Crippen LogP contribution is -2.54. The van der Waals surface area contributed by atoms with Crippen LogP contribution in [0.3, 0.4) is 0 Å². The summed E-state index contributed by atoms with van der Waals surface area (Å²) in [6.45, 7) is 1.69. The Balaban J connectivity index is 2.55. The van der Waals surface area contributed by atoms with E-state index in [1.165, 1.54) is 0 Å². The van der Waals surface area contributed by atoms with Crippen molar-refractivity contribution >= 4 is 11.9 Å². The zero-order valence-corrected chi connectivity index (χ0v) is 7.00. The summed E-state index contributed by atoms with van der Waals surface area (Å²) in [6, 6.07) is 0. The molecule has 1 amide bonds. The average Bonchev–Trinajstić information content (AvgIpc) is 2.07. The van der Waals surface area contributed by atoms with Gasteiger partial charge in [0.15, 0.2) is 0 Å². The number of nitrogens with zero attached hydrogens (tertiary/aromatic N) is 2. The highest BCUT2D eigenvalue weighted by Gasteiger charge is 2.17. The molecule has 0 unspecified atom stereocenters. The molecule has 1 aliphatic rings. The van der Waals surface area contributed by atoms with Crippen molar-refractivity contribution < 1.29 is 4.79 Å². The Bertz CT molecular complexity index is 202. The molecule has 0 aromatic rings. The molecule has 0 saturated carbocycles. The summed E-state index contributed by atoms with van der Waals surface area (Å²) >= 11 is 0. The zero-order chi connectivity index (χ0) is 8.97. The second kappa shape index (κ2) is 3.91. The van der Waals surface area contributed by atoms with Crippen molar-refractivity contribution in [1.29, 1.82) is 0 Å². The van der Waals surface area contributed by atoms with Crippen LogP contribution in [0.2, 0.25) is 0 Å². The number of hydrazine groups is 1. The topological polar surface area (TPSA) is 82.8 Å². The van der Waals surface area contributed by atoms with Gasteiger partial charge in [-0.25, -0.2) is 5.84 Å². The van der Waals surface area contributed by atoms with Crippen molar-refractivity contribution in [3.05, 3.63) is 0 Å². The van der Waals surface area contributed by atoms with E-state index in [1.54, 1.807) is 11.9 Å². The van der Waals surface area contributed by atoms with Crippen LogP contribution in [0.5, 0.6) is 0 Å². The van der Waals surface area contributed by atoms with Crippen LogP contribution in [0, 0.1) is 0 Å². The number of carbonyl (C=O) groups excluding carboxylic acids is 1. The number of guanidine groups is 1. The first kappa shape index (κ1) is 8.79. The van der Waals surface area contributed by atoms with Gasteiger partial charge in [-0.1, -0.05) is 0 Å². The van der Waals surface area contributed by atoms with Gasteiger partial charge in [-0.3, -0.25) is 15.2 Å². The molecule has 1 heterocycles. The molecule has 1 saturated heterocycles. The summed E-state index contributed by atoms with van der Waals surface area (Å²) in [5.41, 5.74) is 2.44. The Labute approximate surface area is 70.8 Å². The standard InChI is InChI=1S/C6H13N5O/c1-8-6(10-7)11-3-2-9-5(12)4-11/h2-4,7H2,1H3,(H,8,10)(H,9,12). The summed E-state index contributed by atoms with van der Waals surface area (Å²) < 4.78 is 0.